The highest BCUT2D eigenvalue weighted by Crippen LogP contribution is 2.31. The minimum Gasteiger partial charge on any atom is -0.497 e. The molecule has 0 saturated heterocycles. The van der Waals surface area contributed by atoms with Gasteiger partial charge in [-0.1, -0.05) is 0 Å². The van der Waals surface area contributed by atoms with Gasteiger partial charge in [0.25, 0.3) is 5.91 Å². The summed E-state index contributed by atoms with van der Waals surface area (Å²) in [4.78, 5) is 16.4. The molecule has 8 heteroatoms. The maximum Gasteiger partial charge on any atom is 0.274 e. The molecule has 1 amide bonds. The van der Waals surface area contributed by atoms with Crippen LogP contribution in [0.1, 0.15) is 10.5 Å². The number of rotatable bonds is 6. The summed E-state index contributed by atoms with van der Waals surface area (Å²) in [6, 6.07) is 11.3. The lowest BCUT2D eigenvalue weighted by Gasteiger charge is -2.13. The van der Waals surface area contributed by atoms with Gasteiger partial charge in [0.15, 0.2) is 0 Å². The molecule has 3 rings (SSSR count). The number of hydrogen-bond acceptors (Lipinski definition) is 5. The van der Waals surface area contributed by atoms with Crippen LogP contribution >= 0.6 is 0 Å². The number of nitrogens with zero attached hydrogens (tertiary/aromatic N) is 1. The Labute approximate surface area is 160 Å². The summed E-state index contributed by atoms with van der Waals surface area (Å²) in [6.07, 6.45) is 1.44. The fraction of sp³-hybridized carbons (Fsp3) is 0.100. The summed E-state index contributed by atoms with van der Waals surface area (Å²) in [5.41, 5.74) is 1.10. The van der Waals surface area contributed by atoms with Gasteiger partial charge < -0.3 is 20.1 Å². The van der Waals surface area contributed by atoms with Crippen LogP contribution in [0.2, 0.25) is 0 Å². The first-order valence-electron chi connectivity index (χ1n) is 8.21. The highest BCUT2D eigenvalue weighted by molar-refractivity contribution is 6.03. The molecule has 2 N–H and O–H groups in total. The van der Waals surface area contributed by atoms with Crippen LogP contribution in [-0.4, -0.2) is 25.1 Å². The number of anilines is 3. The van der Waals surface area contributed by atoms with Crippen LogP contribution in [0.3, 0.4) is 0 Å². The third-order valence-electron chi connectivity index (χ3n) is 3.86. The SMILES string of the molecule is COc1ccc(OC)c(Nc2ccnc(C(=O)Nc3ccc(F)cc3F)c2)c1. The first-order chi connectivity index (χ1) is 13.5. The predicted molar refractivity (Wildman–Crippen MR) is 101 cm³/mol. The van der Waals surface area contributed by atoms with E-state index in [0.717, 1.165) is 12.1 Å². The van der Waals surface area contributed by atoms with Crippen molar-refractivity contribution >= 4 is 23.0 Å². The zero-order valence-corrected chi connectivity index (χ0v) is 15.1. The van der Waals surface area contributed by atoms with E-state index < -0.39 is 17.5 Å². The van der Waals surface area contributed by atoms with E-state index in [1.54, 1.807) is 31.4 Å². The largest absolute Gasteiger partial charge is 0.497 e. The van der Waals surface area contributed by atoms with Crippen LogP contribution in [0.4, 0.5) is 25.8 Å². The van der Waals surface area contributed by atoms with Gasteiger partial charge in [0.05, 0.1) is 25.6 Å². The van der Waals surface area contributed by atoms with Crippen molar-refractivity contribution in [3.05, 3.63) is 72.1 Å². The molecular formula is C20H17F2N3O3. The minimum atomic E-state index is -0.872. The second-order valence-corrected chi connectivity index (χ2v) is 5.70. The molecule has 1 heterocycles. The molecule has 0 unspecified atom stereocenters. The molecule has 3 aromatic rings. The highest BCUT2D eigenvalue weighted by Gasteiger charge is 2.13. The van der Waals surface area contributed by atoms with E-state index in [4.69, 9.17) is 9.47 Å². The number of halogens is 2. The molecule has 0 atom stereocenters. The van der Waals surface area contributed by atoms with Crippen molar-refractivity contribution < 1.29 is 23.0 Å². The van der Waals surface area contributed by atoms with Crippen molar-refractivity contribution in [1.82, 2.24) is 4.98 Å². The number of carbonyl (C=O) groups is 1. The van der Waals surface area contributed by atoms with Crippen molar-refractivity contribution in [2.45, 2.75) is 0 Å². The van der Waals surface area contributed by atoms with Gasteiger partial charge in [-0.15, -0.1) is 0 Å². The molecule has 0 aliphatic rings. The van der Waals surface area contributed by atoms with Gasteiger partial charge in [-0.25, -0.2) is 8.78 Å². The van der Waals surface area contributed by atoms with Crippen LogP contribution in [0.5, 0.6) is 11.5 Å². The van der Waals surface area contributed by atoms with E-state index in [1.165, 1.54) is 19.4 Å². The van der Waals surface area contributed by atoms with Crippen molar-refractivity contribution in [2.24, 2.45) is 0 Å². The molecule has 0 bridgehead atoms. The Bertz CT molecular complexity index is 1010. The molecule has 28 heavy (non-hydrogen) atoms. The van der Waals surface area contributed by atoms with E-state index in [2.05, 4.69) is 15.6 Å². The maximum absolute atomic E-state index is 13.7. The first kappa shape index (κ1) is 19.1. The lowest BCUT2D eigenvalue weighted by atomic mass is 10.2. The highest BCUT2D eigenvalue weighted by atomic mass is 19.1. The molecule has 144 valence electrons. The Morgan fingerprint density at radius 3 is 2.50 bits per heavy atom. The fourth-order valence-corrected chi connectivity index (χ4v) is 2.48. The molecular weight excluding hydrogens is 368 g/mol. The van der Waals surface area contributed by atoms with Gasteiger partial charge in [-0.05, 0) is 36.4 Å². The quantitative estimate of drug-likeness (QED) is 0.659. The van der Waals surface area contributed by atoms with Gasteiger partial charge in [0.2, 0.25) is 0 Å². The van der Waals surface area contributed by atoms with Crippen LogP contribution in [0, 0.1) is 11.6 Å². The van der Waals surface area contributed by atoms with E-state index in [0.29, 0.717) is 28.9 Å². The van der Waals surface area contributed by atoms with Crippen molar-refractivity contribution in [3.8, 4) is 11.5 Å². The van der Waals surface area contributed by atoms with Crippen LogP contribution in [-0.2, 0) is 0 Å². The van der Waals surface area contributed by atoms with E-state index in [-0.39, 0.29) is 11.4 Å². The Morgan fingerprint density at radius 2 is 1.79 bits per heavy atom. The molecule has 2 aromatic carbocycles. The van der Waals surface area contributed by atoms with Crippen LogP contribution < -0.4 is 20.1 Å². The number of carbonyl (C=O) groups excluding carboxylic acids is 1. The summed E-state index contributed by atoms with van der Waals surface area (Å²) in [7, 11) is 3.09. The molecule has 0 radical (unpaired) electrons. The number of pyridine rings is 1. The predicted octanol–water partition coefficient (Wildman–Crippen LogP) is 4.37. The number of ether oxygens (including phenoxy) is 2. The minimum absolute atomic E-state index is 0.0515. The Balaban J connectivity index is 1.81. The standard InChI is InChI=1S/C20H17F2N3O3/c1-27-14-4-6-19(28-2)17(11-14)24-13-7-8-23-18(10-13)20(26)25-16-5-3-12(21)9-15(16)22/h3-11H,1-2H3,(H,23,24)(H,25,26). The first-order valence-corrected chi connectivity index (χ1v) is 8.21. The Morgan fingerprint density at radius 1 is 0.964 bits per heavy atom. The van der Waals surface area contributed by atoms with Gasteiger partial charge in [-0.2, -0.15) is 0 Å². The molecule has 6 nitrogen and oxygen atoms in total. The third-order valence-corrected chi connectivity index (χ3v) is 3.86. The Kier molecular flexibility index (Phi) is 5.69. The molecule has 0 fully saturated rings. The Hall–Kier alpha value is -3.68. The lowest BCUT2D eigenvalue weighted by Crippen LogP contribution is -2.15. The second-order valence-electron chi connectivity index (χ2n) is 5.70. The number of hydrogen-bond donors (Lipinski definition) is 2. The van der Waals surface area contributed by atoms with Crippen LogP contribution in [0.15, 0.2) is 54.7 Å². The van der Waals surface area contributed by atoms with Gasteiger partial charge >= 0.3 is 0 Å². The second kappa shape index (κ2) is 8.34. The number of amides is 1. The summed E-state index contributed by atoms with van der Waals surface area (Å²) in [5, 5.41) is 5.50. The van der Waals surface area contributed by atoms with Crippen LogP contribution in [0.25, 0.3) is 0 Å². The lowest BCUT2D eigenvalue weighted by molar-refractivity contribution is 0.102. The van der Waals surface area contributed by atoms with Gasteiger partial charge in [-0.3, -0.25) is 9.78 Å². The normalized spacial score (nSPS) is 10.3. The smallest absolute Gasteiger partial charge is 0.274 e. The molecule has 0 aliphatic carbocycles. The molecule has 0 saturated carbocycles. The topological polar surface area (TPSA) is 72.5 Å². The molecule has 0 spiro atoms. The zero-order valence-electron chi connectivity index (χ0n) is 15.1. The average Bonchev–Trinajstić information content (AvgIpc) is 2.70. The molecule has 0 aliphatic heterocycles. The third kappa shape index (κ3) is 4.35. The number of methoxy groups -OCH3 is 2. The van der Waals surface area contributed by atoms with Gasteiger partial charge in [0.1, 0.15) is 28.8 Å². The number of nitrogens with one attached hydrogen (secondary N) is 2. The maximum atomic E-state index is 13.7. The van der Waals surface area contributed by atoms with Crippen molar-refractivity contribution in [3.63, 3.8) is 0 Å². The van der Waals surface area contributed by atoms with Gasteiger partial charge in [0, 0.05) is 24.0 Å². The summed E-state index contributed by atoms with van der Waals surface area (Å²) in [5.74, 6) is -1.03. The van der Waals surface area contributed by atoms with Crippen molar-refractivity contribution in [2.75, 3.05) is 24.9 Å². The van der Waals surface area contributed by atoms with E-state index in [9.17, 15) is 13.6 Å². The summed E-state index contributed by atoms with van der Waals surface area (Å²) >= 11 is 0. The molecule has 1 aromatic heterocycles. The fourth-order valence-electron chi connectivity index (χ4n) is 2.48. The zero-order chi connectivity index (χ0) is 20.1. The average molecular weight is 385 g/mol. The number of aromatic nitrogens is 1. The van der Waals surface area contributed by atoms with E-state index >= 15 is 0 Å². The number of benzene rings is 2. The van der Waals surface area contributed by atoms with Crippen molar-refractivity contribution in [1.29, 1.82) is 0 Å². The monoisotopic (exact) mass is 385 g/mol. The van der Waals surface area contributed by atoms with E-state index in [1.807, 2.05) is 0 Å². The summed E-state index contributed by atoms with van der Waals surface area (Å²) < 4.78 is 37.2. The summed E-state index contributed by atoms with van der Waals surface area (Å²) in [6.45, 7) is 0.